The van der Waals surface area contributed by atoms with Gasteiger partial charge in [-0.25, -0.2) is 0 Å². The molecule has 1 aliphatic heterocycles. The van der Waals surface area contributed by atoms with Gasteiger partial charge in [-0.1, -0.05) is 6.92 Å². The van der Waals surface area contributed by atoms with Crippen molar-refractivity contribution in [3.05, 3.63) is 0 Å². The summed E-state index contributed by atoms with van der Waals surface area (Å²) in [6.45, 7) is 6.85. The van der Waals surface area contributed by atoms with Crippen LogP contribution in [0.2, 0.25) is 0 Å². The van der Waals surface area contributed by atoms with Gasteiger partial charge in [0.2, 0.25) is 0 Å². The predicted molar refractivity (Wildman–Crippen MR) is 54.8 cm³/mol. The molecular weight excluding hydrogens is 164 g/mol. The van der Waals surface area contributed by atoms with Crippen LogP contribution in [0.25, 0.3) is 0 Å². The molecule has 1 fully saturated rings. The number of aliphatic hydroxyl groups is 1. The summed E-state index contributed by atoms with van der Waals surface area (Å²) in [4.78, 5) is 2.50. The van der Waals surface area contributed by atoms with Crippen molar-refractivity contribution in [2.75, 3.05) is 32.8 Å². The number of likely N-dealkylation sites (tertiary alicyclic amines) is 1. The second-order valence-corrected chi connectivity index (χ2v) is 3.74. The first-order valence-corrected chi connectivity index (χ1v) is 5.43. The van der Waals surface area contributed by atoms with Crippen LogP contribution in [0.4, 0.5) is 0 Å². The van der Waals surface area contributed by atoms with E-state index in [0.717, 1.165) is 6.54 Å². The molecule has 2 N–H and O–H groups in total. The SMILES string of the molecule is CCN1CCCC(NCCO)CC1. The Kier molecular flexibility index (Phi) is 5.35. The molecular formula is C10H22N2O. The summed E-state index contributed by atoms with van der Waals surface area (Å²) in [5, 5.41) is 12.1. The first kappa shape index (κ1) is 11.0. The molecule has 1 atom stereocenters. The summed E-state index contributed by atoms with van der Waals surface area (Å²) < 4.78 is 0. The van der Waals surface area contributed by atoms with Crippen LogP contribution in [0.15, 0.2) is 0 Å². The average molecular weight is 186 g/mol. The van der Waals surface area contributed by atoms with Gasteiger partial charge in [0.15, 0.2) is 0 Å². The topological polar surface area (TPSA) is 35.5 Å². The van der Waals surface area contributed by atoms with Crippen LogP contribution < -0.4 is 5.32 Å². The molecule has 0 saturated carbocycles. The van der Waals surface area contributed by atoms with Crippen molar-refractivity contribution in [2.24, 2.45) is 0 Å². The molecule has 1 unspecified atom stereocenters. The lowest BCUT2D eigenvalue weighted by Crippen LogP contribution is -2.32. The second kappa shape index (κ2) is 6.35. The summed E-state index contributed by atoms with van der Waals surface area (Å²) in [6.07, 6.45) is 3.78. The van der Waals surface area contributed by atoms with Gasteiger partial charge in [-0.05, 0) is 38.9 Å². The Morgan fingerprint density at radius 2 is 2.23 bits per heavy atom. The summed E-state index contributed by atoms with van der Waals surface area (Å²) in [5.41, 5.74) is 0. The van der Waals surface area contributed by atoms with Gasteiger partial charge in [0.25, 0.3) is 0 Å². The minimum Gasteiger partial charge on any atom is -0.395 e. The van der Waals surface area contributed by atoms with E-state index in [-0.39, 0.29) is 6.61 Å². The summed E-state index contributed by atoms with van der Waals surface area (Å²) in [5.74, 6) is 0. The molecule has 1 heterocycles. The summed E-state index contributed by atoms with van der Waals surface area (Å²) >= 11 is 0. The summed E-state index contributed by atoms with van der Waals surface area (Å²) in [7, 11) is 0. The zero-order chi connectivity index (χ0) is 9.52. The van der Waals surface area contributed by atoms with Crippen LogP contribution in [0.5, 0.6) is 0 Å². The Labute approximate surface area is 81.1 Å². The van der Waals surface area contributed by atoms with Crippen LogP contribution in [0.3, 0.4) is 0 Å². The fraction of sp³-hybridized carbons (Fsp3) is 1.00. The quantitative estimate of drug-likeness (QED) is 0.669. The fourth-order valence-electron chi connectivity index (χ4n) is 1.94. The molecule has 78 valence electrons. The zero-order valence-electron chi connectivity index (χ0n) is 8.63. The molecule has 3 heteroatoms. The van der Waals surface area contributed by atoms with Crippen molar-refractivity contribution in [3.63, 3.8) is 0 Å². The van der Waals surface area contributed by atoms with Crippen molar-refractivity contribution in [1.29, 1.82) is 0 Å². The number of rotatable bonds is 4. The Bertz CT molecular complexity index is 130. The van der Waals surface area contributed by atoms with Crippen molar-refractivity contribution in [3.8, 4) is 0 Å². The van der Waals surface area contributed by atoms with Gasteiger partial charge in [0.1, 0.15) is 0 Å². The number of hydrogen-bond acceptors (Lipinski definition) is 3. The Balaban J connectivity index is 2.19. The maximum absolute atomic E-state index is 8.69. The number of aliphatic hydroxyl groups excluding tert-OH is 1. The van der Waals surface area contributed by atoms with Gasteiger partial charge in [-0.2, -0.15) is 0 Å². The Morgan fingerprint density at radius 1 is 1.38 bits per heavy atom. The highest BCUT2D eigenvalue weighted by Crippen LogP contribution is 2.10. The van der Waals surface area contributed by atoms with E-state index in [1.165, 1.54) is 38.9 Å². The van der Waals surface area contributed by atoms with E-state index in [1.54, 1.807) is 0 Å². The molecule has 0 aromatic heterocycles. The largest absolute Gasteiger partial charge is 0.395 e. The third-order valence-electron chi connectivity index (χ3n) is 2.81. The van der Waals surface area contributed by atoms with E-state index in [0.29, 0.717) is 6.04 Å². The Morgan fingerprint density at radius 3 is 2.92 bits per heavy atom. The molecule has 13 heavy (non-hydrogen) atoms. The third-order valence-corrected chi connectivity index (χ3v) is 2.81. The standard InChI is InChI=1S/C10H22N2O/c1-2-12-7-3-4-10(5-8-12)11-6-9-13/h10-11,13H,2-9H2,1H3. The average Bonchev–Trinajstić information content (AvgIpc) is 2.39. The van der Waals surface area contributed by atoms with Crippen molar-refractivity contribution >= 4 is 0 Å². The zero-order valence-corrected chi connectivity index (χ0v) is 8.63. The molecule has 0 bridgehead atoms. The lowest BCUT2D eigenvalue weighted by molar-refractivity contribution is 0.275. The molecule has 0 aromatic carbocycles. The molecule has 1 rings (SSSR count). The van der Waals surface area contributed by atoms with Crippen LogP contribution in [0, 0.1) is 0 Å². The molecule has 3 nitrogen and oxygen atoms in total. The molecule has 0 spiro atoms. The third kappa shape index (κ3) is 4.07. The second-order valence-electron chi connectivity index (χ2n) is 3.74. The maximum Gasteiger partial charge on any atom is 0.0556 e. The highest BCUT2D eigenvalue weighted by molar-refractivity contribution is 4.73. The Hall–Kier alpha value is -0.120. The first-order chi connectivity index (χ1) is 6.36. The number of hydrogen-bond donors (Lipinski definition) is 2. The predicted octanol–water partition coefficient (Wildman–Crippen LogP) is 0.443. The van der Waals surface area contributed by atoms with E-state index in [9.17, 15) is 0 Å². The van der Waals surface area contributed by atoms with Crippen molar-refractivity contribution in [2.45, 2.75) is 32.2 Å². The minimum atomic E-state index is 0.258. The number of nitrogens with zero attached hydrogens (tertiary/aromatic N) is 1. The van der Waals surface area contributed by atoms with Gasteiger partial charge in [0, 0.05) is 12.6 Å². The minimum absolute atomic E-state index is 0.258. The van der Waals surface area contributed by atoms with Gasteiger partial charge < -0.3 is 15.3 Å². The molecule has 0 aliphatic carbocycles. The molecule has 0 amide bonds. The van der Waals surface area contributed by atoms with Crippen LogP contribution in [-0.4, -0.2) is 48.8 Å². The molecule has 1 aliphatic rings. The summed E-state index contributed by atoms with van der Waals surface area (Å²) in [6, 6.07) is 0.628. The smallest absolute Gasteiger partial charge is 0.0556 e. The van der Waals surface area contributed by atoms with Gasteiger partial charge in [-0.3, -0.25) is 0 Å². The van der Waals surface area contributed by atoms with Gasteiger partial charge in [0.05, 0.1) is 6.61 Å². The van der Waals surface area contributed by atoms with Crippen LogP contribution >= 0.6 is 0 Å². The lowest BCUT2D eigenvalue weighted by atomic mass is 10.1. The van der Waals surface area contributed by atoms with Gasteiger partial charge >= 0.3 is 0 Å². The van der Waals surface area contributed by atoms with Crippen LogP contribution in [0.1, 0.15) is 26.2 Å². The van der Waals surface area contributed by atoms with E-state index in [1.807, 2.05) is 0 Å². The normalized spacial score (nSPS) is 25.8. The molecule has 0 aromatic rings. The lowest BCUT2D eigenvalue weighted by Gasteiger charge is -2.17. The maximum atomic E-state index is 8.69. The fourth-order valence-corrected chi connectivity index (χ4v) is 1.94. The molecule has 0 radical (unpaired) electrons. The van der Waals surface area contributed by atoms with Crippen molar-refractivity contribution in [1.82, 2.24) is 10.2 Å². The monoisotopic (exact) mass is 186 g/mol. The van der Waals surface area contributed by atoms with E-state index >= 15 is 0 Å². The first-order valence-electron chi connectivity index (χ1n) is 5.43. The number of nitrogens with one attached hydrogen (secondary N) is 1. The van der Waals surface area contributed by atoms with Crippen molar-refractivity contribution < 1.29 is 5.11 Å². The highest BCUT2D eigenvalue weighted by atomic mass is 16.3. The van der Waals surface area contributed by atoms with E-state index in [4.69, 9.17) is 5.11 Å². The highest BCUT2D eigenvalue weighted by Gasteiger charge is 2.14. The molecule has 1 saturated heterocycles. The van der Waals surface area contributed by atoms with Gasteiger partial charge in [-0.15, -0.1) is 0 Å². The van der Waals surface area contributed by atoms with Crippen LogP contribution in [-0.2, 0) is 0 Å². The van der Waals surface area contributed by atoms with E-state index in [2.05, 4.69) is 17.1 Å². The van der Waals surface area contributed by atoms with E-state index < -0.39 is 0 Å².